The summed E-state index contributed by atoms with van der Waals surface area (Å²) >= 11 is 0. The van der Waals surface area contributed by atoms with Gasteiger partial charge in [-0.15, -0.1) is 0 Å². The number of nitrogens with one attached hydrogen (secondary N) is 1. The summed E-state index contributed by atoms with van der Waals surface area (Å²) in [6.45, 7) is 8.00. The lowest BCUT2D eigenvalue weighted by Gasteiger charge is -2.35. The summed E-state index contributed by atoms with van der Waals surface area (Å²) in [5.41, 5.74) is 2.10. The van der Waals surface area contributed by atoms with Crippen molar-refractivity contribution < 1.29 is 9.53 Å². The number of aromatic nitrogens is 2. The Bertz CT molecular complexity index is 814. The molecule has 2 aliphatic heterocycles. The molecule has 29 heavy (non-hydrogen) atoms. The number of ether oxygens (including phenoxy) is 1. The predicted molar refractivity (Wildman–Crippen MR) is 114 cm³/mol. The van der Waals surface area contributed by atoms with Crippen molar-refractivity contribution in [3.63, 3.8) is 0 Å². The highest BCUT2D eigenvalue weighted by molar-refractivity contribution is 5.89. The topological polar surface area (TPSA) is 73.8 Å². The normalized spacial score (nSPS) is 17.3. The number of anilines is 3. The van der Waals surface area contributed by atoms with Gasteiger partial charge in [0.05, 0.1) is 13.2 Å². The van der Waals surface area contributed by atoms with Crippen LogP contribution in [0.4, 0.5) is 22.2 Å². The largest absolute Gasteiger partial charge is 0.378 e. The number of aryl methyl sites for hydroxylation is 1. The van der Waals surface area contributed by atoms with E-state index in [0.717, 1.165) is 50.1 Å². The molecular formula is C21H28N6O2. The molecule has 3 heterocycles. The van der Waals surface area contributed by atoms with Crippen LogP contribution in [0, 0.1) is 0 Å². The maximum Gasteiger partial charge on any atom is 0.321 e. The van der Waals surface area contributed by atoms with Gasteiger partial charge in [-0.2, -0.15) is 4.98 Å². The number of carbonyl (C=O) groups excluding carboxylic acids is 1. The number of carbonyl (C=O) groups is 1. The molecule has 8 heteroatoms. The van der Waals surface area contributed by atoms with Crippen molar-refractivity contribution in [2.24, 2.45) is 0 Å². The Morgan fingerprint density at radius 1 is 1.00 bits per heavy atom. The predicted octanol–water partition coefficient (Wildman–Crippen LogP) is 2.23. The zero-order chi connectivity index (χ0) is 20.1. The fourth-order valence-corrected chi connectivity index (χ4v) is 3.60. The van der Waals surface area contributed by atoms with Gasteiger partial charge >= 0.3 is 6.03 Å². The van der Waals surface area contributed by atoms with Crippen molar-refractivity contribution in [3.8, 4) is 0 Å². The fraction of sp³-hybridized carbons (Fsp3) is 0.476. The van der Waals surface area contributed by atoms with Crippen LogP contribution in [0.5, 0.6) is 0 Å². The summed E-state index contributed by atoms with van der Waals surface area (Å²) in [6.07, 6.45) is 2.80. The number of urea groups is 1. The second kappa shape index (κ2) is 9.09. The molecule has 0 atom stereocenters. The Labute approximate surface area is 171 Å². The van der Waals surface area contributed by atoms with Gasteiger partial charge in [0.25, 0.3) is 0 Å². The highest BCUT2D eigenvalue weighted by atomic mass is 16.5. The number of rotatable bonds is 4. The summed E-state index contributed by atoms with van der Waals surface area (Å²) in [7, 11) is 0. The minimum atomic E-state index is -0.0504. The molecule has 2 aromatic rings. The molecule has 0 aliphatic carbocycles. The zero-order valence-electron chi connectivity index (χ0n) is 16.9. The molecule has 2 amide bonds. The summed E-state index contributed by atoms with van der Waals surface area (Å²) in [5, 5.41) is 2.99. The lowest BCUT2D eigenvalue weighted by molar-refractivity contribution is 0.122. The second-order valence-electron chi connectivity index (χ2n) is 7.27. The zero-order valence-corrected chi connectivity index (χ0v) is 16.9. The van der Waals surface area contributed by atoms with Gasteiger partial charge in [-0.05, 0) is 30.2 Å². The number of piperazine rings is 1. The maximum atomic E-state index is 12.6. The van der Waals surface area contributed by atoms with Crippen LogP contribution in [0.2, 0.25) is 0 Å². The molecule has 1 N–H and O–H groups in total. The third-order valence-electron chi connectivity index (χ3n) is 5.43. The first-order valence-corrected chi connectivity index (χ1v) is 10.3. The van der Waals surface area contributed by atoms with E-state index in [4.69, 9.17) is 9.72 Å². The van der Waals surface area contributed by atoms with Crippen LogP contribution in [-0.2, 0) is 11.2 Å². The van der Waals surface area contributed by atoms with Crippen LogP contribution < -0.4 is 15.1 Å². The van der Waals surface area contributed by atoms with Gasteiger partial charge < -0.3 is 24.8 Å². The second-order valence-corrected chi connectivity index (χ2v) is 7.27. The SMILES string of the molecule is CCc1ccc(NC(=O)N2CCN(c3ccnc(N4CCOCC4)n3)CC2)cc1. The van der Waals surface area contributed by atoms with Crippen LogP contribution in [0.25, 0.3) is 0 Å². The molecule has 2 fully saturated rings. The summed E-state index contributed by atoms with van der Waals surface area (Å²) in [4.78, 5) is 28.0. The van der Waals surface area contributed by atoms with E-state index in [1.54, 1.807) is 0 Å². The molecule has 2 aliphatic rings. The highest BCUT2D eigenvalue weighted by Crippen LogP contribution is 2.18. The van der Waals surface area contributed by atoms with E-state index in [1.165, 1.54) is 5.56 Å². The number of nitrogens with zero attached hydrogens (tertiary/aromatic N) is 5. The van der Waals surface area contributed by atoms with Crippen molar-refractivity contribution in [2.45, 2.75) is 13.3 Å². The first-order valence-electron chi connectivity index (χ1n) is 10.3. The van der Waals surface area contributed by atoms with E-state index in [9.17, 15) is 4.79 Å². The molecule has 8 nitrogen and oxygen atoms in total. The number of hydrogen-bond donors (Lipinski definition) is 1. The Morgan fingerprint density at radius 2 is 1.72 bits per heavy atom. The molecule has 0 unspecified atom stereocenters. The van der Waals surface area contributed by atoms with Crippen LogP contribution in [0.15, 0.2) is 36.5 Å². The van der Waals surface area contributed by atoms with Crippen LogP contribution in [0.1, 0.15) is 12.5 Å². The smallest absolute Gasteiger partial charge is 0.321 e. The minimum Gasteiger partial charge on any atom is -0.378 e. The number of benzene rings is 1. The Balaban J connectivity index is 1.32. The molecule has 0 radical (unpaired) electrons. The fourth-order valence-electron chi connectivity index (χ4n) is 3.60. The molecule has 4 rings (SSSR count). The first kappa shape index (κ1) is 19.4. The minimum absolute atomic E-state index is 0.0504. The molecular weight excluding hydrogens is 368 g/mol. The van der Waals surface area contributed by atoms with Crippen molar-refractivity contribution in [3.05, 3.63) is 42.1 Å². The monoisotopic (exact) mass is 396 g/mol. The maximum absolute atomic E-state index is 12.6. The van der Waals surface area contributed by atoms with Crippen LogP contribution in [-0.4, -0.2) is 73.4 Å². The number of amides is 2. The van der Waals surface area contributed by atoms with Gasteiger partial charge in [0.1, 0.15) is 5.82 Å². The average molecular weight is 396 g/mol. The highest BCUT2D eigenvalue weighted by Gasteiger charge is 2.23. The van der Waals surface area contributed by atoms with Gasteiger partial charge in [-0.25, -0.2) is 9.78 Å². The lowest BCUT2D eigenvalue weighted by Crippen LogP contribution is -2.50. The van der Waals surface area contributed by atoms with Gasteiger partial charge in [0.2, 0.25) is 5.95 Å². The number of morpholine rings is 1. The number of hydrogen-bond acceptors (Lipinski definition) is 6. The molecule has 2 saturated heterocycles. The Hall–Kier alpha value is -2.87. The third kappa shape index (κ3) is 4.76. The van der Waals surface area contributed by atoms with E-state index in [-0.39, 0.29) is 6.03 Å². The van der Waals surface area contributed by atoms with E-state index < -0.39 is 0 Å². The van der Waals surface area contributed by atoms with Gasteiger partial charge in [0.15, 0.2) is 0 Å². The molecule has 154 valence electrons. The standard InChI is InChI=1S/C21H28N6O2/c1-2-17-3-5-18(6-4-17)23-21(28)27-11-9-25(10-12-27)19-7-8-22-20(24-19)26-13-15-29-16-14-26/h3-8H,2,9-16H2,1H3,(H,23,28). The molecule has 1 aromatic heterocycles. The van der Waals surface area contributed by atoms with Crippen molar-refractivity contribution >= 4 is 23.5 Å². The third-order valence-corrected chi connectivity index (χ3v) is 5.43. The van der Waals surface area contributed by atoms with Crippen molar-refractivity contribution in [1.29, 1.82) is 0 Å². The summed E-state index contributed by atoms with van der Waals surface area (Å²) < 4.78 is 5.41. The Kier molecular flexibility index (Phi) is 6.09. The van der Waals surface area contributed by atoms with Gasteiger partial charge in [0, 0.05) is 51.2 Å². The molecule has 0 saturated carbocycles. The van der Waals surface area contributed by atoms with Gasteiger partial charge in [-0.3, -0.25) is 0 Å². The van der Waals surface area contributed by atoms with E-state index in [0.29, 0.717) is 26.3 Å². The van der Waals surface area contributed by atoms with Crippen LogP contribution >= 0.6 is 0 Å². The van der Waals surface area contributed by atoms with Crippen molar-refractivity contribution in [2.75, 3.05) is 67.6 Å². The molecule has 0 spiro atoms. The van der Waals surface area contributed by atoms with Crippen LogP contribution in [0.3, 0.4) is 0 Å². The summed E-state index contributed by atoms with van der Waals surface area (Å²) in [5.74, 6) is 1.67. The quantitative estimate of drug-likeness (QED) is 0.854. The molecule has 1 aromatic carbocycles. The van der Waals surface area contributed by atoms with E-state index in [2.05, 4.69) is 39.2 Å². The van der Waals surface area contributed by atoms with Gasteiger partial charge in [-0.1, -0.05) is 19.1 Å². The van der Waals surface area contributed by atoms with Crippen molar-refractivity contribution in [1.82, 2.24) is 14.9 Å². The average Bonchev–Trinajstić information content (AvgIpc) is 2.80. The lowest BCUT2D eigenvalue weighted by atomic mass is 10.1. The van der Waals surface area contributed by atoms with E-state index in [1.807, 2.05) is 29.3 Å². The molecule has 0 bridgehead atoms. The first-order chi connectivity index (χ1) is 14.2. The summed E-state index contributed by atoms with van der Waals surface area (Å²) in [6, 6.07) is 9.91. The van der Waals surface area contributed by atoms with E-state index >= 15 is 0 Å². The Morgan fingerprint density at radius 3 is 2.41 bits per heavy atom.